The zero-order valence-corrected chi connectivity index (χ0v) is 20.2. The fourth-order valence-electron chi connectivity index (χ4n) is 4.10. The Hall–Kier alpha value is -3.65. The molecule has 0 N–H and O–H groups in total. The summed E-state index contributed by atoms with van der Waals surface area (Å²) in [5.74, 6) is 2.36. The van der Waals surface area contributed by atoms with Crippen molar-refractivity contribution in [1.29, 1.82) is 0 Å². The van der Waals surface area contributed by atoms with Gasteiger partial charge in [0.25, 0.3) is 0 Å². The number of halogens is 1. The number of aromatic nitrogens is 4. The number of aryl methyl sites for hydroxylation is 1. The highest BCUT2D eigenvalue weighted by molar-refractivity contribution is 7.85. The highest BCUT2D eigenvalue weighted by Crippen LogP contribution is 2.36. The van der Waals surface area contributed by atoms with Crippen molar-refractivity contribution in [3.63, 3.8) is 0 Å². The van der Waals surface area contributed by atoms with E-state index in [1.807, 2.05) is 49.6 Å². The lowest BCUT2D eigenvalue weighted by atomic mass is 10.0. The summed E-state index contributed by atoms with van der Waals surface area (Å²) < 4.78 is 31.6. The van der Waals surface area contributed by atoms with Crippen molar-refractivity contribution in [2.75, 3.05) is 11.5 Å². The van der Waals surface area contributed by atoms with E-state index in [9.17, 15) is 8.60 Å². The summed E-state index contributed by atoms with van der Waals surface area (Å²) in [6.07, 6.45) is 7.05. The maximum Gasteiger partial charge on any atom is 0.230 e. The number of rotatable bonds is 3. The molecule has 4 heterocycles. The second-order valence-electron chi connectivity index (χ2n) is 8.40. The largest absolute Gasteiger partial charge is 0.438 e. The molecule has 0 bridgehead atoms. The molecule has 3 aromatic heterocycles. The molecule has 1 aliphatic heterocycles. The lowest BCUT2D eigenvalue weighted by Gasteiger charge is -2.06. The predicted molar refractivity (Wildman–Crippen MR) is 137 cm³/mol. The van der Waals surface area contributed by atoms with E-state index in [1.165, 1.54) is 37.7 Å². The summed E-state index contributed by atoms with van der Waals surface area (Å²) in [6.45, 7) is 0. The number of hydrogen-bond acceptors (Lipinski definition) is 5. The molecule has 0 unspecified atom stereocenters. The Morgan fingerprint density at radius 3 is 2.34 bits per heavy atom. The summed E-state index contributed by atoms with van der Waals surface area (Å²) in [5.41, 5.74) is 4.58. The summed E-state index contributed by atoms with van der Waals surface area (Å²) in [4.78, 5) is 8.78. The van der Waals surface area contributed by atoms with E-state index in [-0.39, 0.29) is 5.82 Å². The second kappa shape index (κ2) is 10.3. The Bertz CT molecular complexity index is 1450. The molecule has 0 atom stereocenters. The number of fused-ring (bicyclic) bond motifs is 1. The van der Waals surface area contributed by atoms with Crippen molar-refractivity contribution in [2.45, 2.75) is 19.3 Å². The molecule has 1 saturated heterocycles. The minimum Gasteiger partial charge on any atom is -0.438 e. The molecular weight excluding hydrogens is 463 g/mol. The molecule has 35 heavy (non-hydrogen) atoms. The van der Waals surface area contributed by atoms with Crippen molar-refractivity contribution in [1.82, 2.24) is 19.7 Å². The van der Waals surface area contributed by atoms with Crippen LogP contribution in [0.2, 0.25) is 0 Å². The molecule has 178 valence electrons. The molecule has 0 amide bonds. The van der Waals surface area contributed by atoms with Crippen molar-refractivity contribution < 1.29 is 13.0 Å². The summed E-state index contributed by atoms with van der Waals surface area (Å²) >= 11 is 0. The molecular formula is C27H25FN4O2S. The maximum absolute atomic E-state index is 13.3. The van der Waals surface area contributed by atoms with Gasteiger partial charge >= 0.3 is 0 Å². The summed E-state index contributed by atoms with van der Waals surface area (Å²) in [7, 11) is 1.41. The molecule has 6 rings (SSSR count). The van der Waals surface area contributed by atoms with Crippen molar-refractivity contribution in [3.05, 3.63) is 79.0 Å². The SMILES string of the molecule is Cn1cc(-c2ncnc3oc(-c4ccccc4)cc23)c(-c2ccc(F)cc2)n1.O=S1CCCCC1. The van der Waals surface area contributed by atoms with E-state index in [4.69, 9.17) is 4.42 Å². The second-order valence-corrected chi connectivity index (χ2v) is 10.1. The van der Waals surface area contributed by atoms with E-state index in [2.05, 4.69) is 15.1 Å². The topological polar surface area (TPSA) is 73.8 Å². The van der Waals surface area contributed by atoms with Crippen LogP contribution >= 0.6 is 0 Å². The van der Waals surface area contributed by atoms with Crippen molar-refractivity contribution in [2.24, 2.45) is 7.05 Å². The maximum atomic E-state index is 13.3. The zero-order chi connectivity index (χ0) is 24.2. The van der Waals surface area contributed by atoms with Gasteiger partial charge in [-0.15, -0.1) is 0 Å². The molecule has 0 spiro atoms. The Morgan fingerprint density at radius 1 is 0.914 bits per heavy atom. The number of benzene rings is 2. The van der Waals surface area contributed by atoms with Gasteiger partial charge in [0, 0.05) is 52.2 Å². The van der Waals surface area contributed by atoms with Crippen LogP contribution < -0.4 is 0 Å². The first-order valence-electron chi connectivity index (χ1n) is 11.5. The standard InChI is InChI=1S/C22H15FN4O.C5H10OS/c1-27-12-18(20(26-27)15-7-9-16(23)10-8-15)21-17-11-19(14-5-3-2-4-6-14)28-22(17)25-13-24-21;6-7-4-2-1-3-5-7/h2-13H,1H3;1-5H2. The van der Waals surface area contributed by atoms with E-state index >= 15 is 0 Å². The van der Waals surface area contributed by atoms with Crippen LogP contribution in [0.4, 0.5) is 4.39 Å². The van der Waals surface area contributed by atoms with Gasteiger partial charge in [0.15, 0.2) is 0 Å². The van der Waals surface area contributed by atoms with Crippen molar-refractivity contribution in [3.8, 4) is 33.8 Å². The number of hydrogen-bond donors (Lipinski definition) is 0. The Morgan fingerprint density at radius 2 is 1.66 bits per heavy atom. The molecule has 1 aliphatic rings. The molecule has 1 fully saturated rings. The van der Waals surface area contributed by atoms with Crippen LogP contribution in [0, 0.1) is 5.82 Å². The van der Waals surface area contributed by atoms with Crippen LogP contribution in [0.15, 0.2) is 77.6 Å². The van der Waals surface area contributed by atoms with E-state index in [1.54, 1.807) is 16.8 Å². The average molecular weight is 489 g/mol. The van der Waals surface area contributed by atoms with Gasteiger partial charge in [-0.1, -0.05) is 36.8 Å². The first-order valence-corrected chi connectivity index (χ1v) is 13.0. The van der Waals surface area contributed by atoms with Crippen LogP contribution in [0.5, 0.6) is 0 Å². The molecule has 8 heteroatoms. The monoisotopic (exact) mass is 488 g/mol. The minimum absolute atomic E-state index is 0.284. The summed E-state index contributed by atoms with van der Waals surface area (Å²) in [5, 5.41) is 5.37. The highest BCUT2D eigenvalue weighted by atomic mass is 32.2. The van der Waals surface area contributed by atoms with E-state index in [0.29, 0.717) is 5.71 Å². The molecule has 0 saturated carbocycles. The van der Waals surface area contributed by atoms with Crippen LogP contribution in [-0.4, -0.2) is 35.5 Å². The molecule has 5 aromatic rings. The van der Waals surface area contributed by atoms with Gasteiger partial charge in [0.1, 0.15) is 23.6 Å². The normalized spacial score (nSPS) is 14.0. The molecule has 0 aliphatic carbocycles. The fraction of sp³-hybridized carbons (Fsp3) is 0.222. The van der Waals surface area contributed by atoms with Gasteiger partial charge in [-0.25, -0.2) is 14.4 Å². The quantitative estimate of drug-likeness (QED) is 0.311. The first kappa shape index (κ1) is 23.1. The van der Waals surface area contributed by atoms with Crippen LogP contribution in [0.25, 0.3) is 44.9 Å². The first-order chi connectivity index (χ1) is 17.1. The lowest BCUT2D eigenvalue weighted by molar-refractivity contribution is 0.617. The van der Waals surface area contributed by atoms with Gasteiger partial charge < -0.3 is 4.42 Å². The number of furan rings is 1. The predicted octanol–water partition coefficient (Wildman–Crippen LogP) is 6.02. The van der Waals surface area contributed by atoms with Crippen molar-refractivity contribution >= 4 is 21.9 Å². The third-order valence-corrected chi connectivity index (χ3v) is 7.32. The van der Waals surface area contributed by atoms with Crippen LogP contribution in [0.3, 0.4) is 0 Å². The highest BCUT2D eigenvalue weighted by Gasteiger charge is 2.19. The average Bonchev–Trinajstić information content (AvgIpc) is 3.50. The number of nitrogens with zero attached hydrogens (tertiary/aromatic N) is 4. The van der Waals surface area contributed by atoms with Gasteiger partial charge in [-0.2, -0.15) is 5.10 Å². The Balaban J connectivity index is 0.000000313. The minimum atomic E-state index is -0.440. The molecule has 2 aromatic carbocycles. The van der Waals surface area contributed by atoms with Gasteiger partial charge in [0.05, 0.1) is 11.1 Å². The summed E-state index contributed by atoms with van der Waals surface area (Å²) in [6, 6.07) is 18.1. The third-order valence-electron chi connectivity index (χ3n) is 5.83. The van der Waals surface area contributed by atoms with Gasteiger partial charge in [-0.3, -0.25) is 8.89 Å². The molecule has 0 radical (unpaired) electrons. The van der Waals surface area contributed by atoms with Gasteiger partial charge in [-0.05, 0) is 43.2 Å². The van der Waals surface area contributed by atoms with Gasteiger partial charge in [0.2, 0.25) is 5.71 Å². The van der Waals surface area contributed by atoms with E-state index in [0.717, 1.165) is 50.7 Å². The smallest absolute Gasteiger partial charge is 0.230 e. The zero-order valence-electron chi connectivity index (χ0n) is 19.4. The van der Waals surface area contributed by atoms with Crippen LogP contribution in [0.1, 0.15) is 19.3 Å². The van der Waals surface area contributed by atoms with Crippen LogP contribution in [-0.2, 0) is 17.8 Å². The fourth-order valence-corrected chi connectivity index (χ4v) is 5.36. The van der Waals surface area contributed by atoms with E-state index < -0.39 is 10.8 Å². The Kier molecular flexibility index (Phi) is 6.81. The third kappa shape index (κ3) is 5.22. The lowest BCUT2D eigenvalue weighted by Crippen LogP contribution is -2.08. The Labute approximate surface area is 205 Å². The molecule has 6 nitrogen and oxygen atoms in total.